The Hall–Kier alpha value is -2.55. The molecule has 8 nitrogen and oxygen atoms in total. The van der Waals surface area contributed by atoms with Crippen molar-refractivity contribution in [1.82, 2.24) is 5.32 Å². The number of benzene rings is 1. The summed E-state index contributed by atoms with van der Waals surface area (Å²) in [6, 6.07) is 3.80. The van der Waals surface area contributed by atoms with Crippen molar-refractivity contribution < 1.29 is 28.9 Å². The van der Waals surface area contributed by atoms with Gasteiger partial charge in [-0.15, -0.1) is 0 Å². The fourth-order valence-electron chi connectivity index (χ4n) is 5.93. The molecule has 2 N–H and O–H groups in total. The predicted molar refractivity (Wildman–Crippen MR) is 153 cm³/mol. The van der Waals surface area contributed by atoms with Crippen LogP contribution >= 0.6 is 11.6 Å². The number of carbonyl (C=O) groups excluding carboxylic acids is 2. The number of alkyl carbamates (subject to hydrolysis) is 1. The third kappa shape index (κ3) is 7.16. The molecule has 0 aliphatic carbocycles. The molecule has 1 fully saturated rings. The molecule has 216 valence electrons. The third-order valence-corrected chi connectivity index (χ3v) is 8.66. The number of nitrogens with zero attached hydrogens (tertiary/aromatic N) is 1. The number of halogens is 1. The molecule has 4 bridgehead atoms. The highest BCUT2D eigenvalue weighted by Crippen LogP contribution is 2.39. The number of carbonyl (C=O) groups is 2. The second-order valence-electron chi connectivity index (χ2n) is 11.0. The SMILES string of the molecule is CC[C@H]1[C@H](C)C2C[C@@](O)(NC(=O)O2)[C@H](OC)/C=C/C=C(\C)Cc2cc(OC)c(Cl)c(c2)N(C)C(=O)CC[C@@H]1C. The van der Waals surface area contributed by atoms with Crippen LogP contribution in [0.4, 0.5) is 10.5 Å². The van der Waals surface area contributed by atoms with Crippen molar-refractivity contribution >= 4 is 29.3 Å². The number of nitrogens with one attached hydrogen (secondary N) is 1. The summed E-state index contributed by atoms with van der Waals surface area (Å²) in [5.74, 6) is 0.767. The fraction of sp³-hybridized carbons (Fsp3) is 0.600. The Bertz CT molecular complexity index is 1110. The number of amides is 2. The minimum atomic E-state index is -1.62. The van der Waals surface area contributed by atoms with Crippen molar-refractivity contribution in [2.75, 3.05) is 26.2 Å². The second-order valence-corrected chi connectivity index (χ2v) is 11.3. The molecule has 1 aromatic carbocycles. The molecule has 6 atom stereocenters. The average molecular weight is 563 g/mol. The lowest BCUT2D eigenvalue weighted by atomic mass is 9.75. The van der Waals surface area contributed by atoms with E-state index in [1.54, 1.807) is 25.1 Å². The van der Waals surface area contributed by atoms with E-state index in [0.29, 0.717) is 35.7 Å². The number of anilines is 1. The van der Waals surface area contributed by atoms with Crippen molar-refractivity contribution in [3.05, 3.63) is 46.5 Å². The maximum Gasteiger partial charge on any atom is 0.409 e. The minimum absolute atomic E-state index is 0.0378. The molecule has 3 rings (SSSR count). The van der Waals surface area contributed by atoms with E-state index in [4.69, 9.17) is 25.8 Å². The van der Waals surface area contributed by atoms with Gasteiger partial charge in [0.1, 0.15) is 23.0 Å². The number of methoxy groups -OCH3 is 2. The Labute approximate surface area is 237 Å². The van der Waals surface area contributed by atoms with Crippen LogP contribution in [-0.2, 0) is 20.7 Å². The van der Waals surface area contributed by atoms with Crippen LogP contribution in [0.1, 0.15) is 58.9 Å². The van der Waals surface area contributed by atoms with Crippen LogP contribution in [0.2, 0.25) is 5.02 Å². The van der Waals surface area contributed by atoms with Crippen LogP contribution in [0.25, 0.3) is 0 Å². The van der Waals surface area contributed by atoms with Gasteiger partial charge in [-0.3, -0.25) is 10.1 Å². The summed E-state index contributed by atoms with van der Waals surface area (Å²) >= 11 is 6.64. The molecular formula is C30H43ClN2O6. The van der Waals surface area contributed by atoms with Gasteiger partial charge in [0.05, 0.1) is 12.8 Å². The molecule has 0 spiro atoms. The van der Waals surface area contributed by atoms with E-state index in [1.807, 2.05) is 38.1 Å². The fourth-order valence-corrected chi connectivity index (χ4v) is 6.24. The van der Waals surface area contributed by atoms with Gasteiger partial charge in [0.25, 0.3) is 0 Å². The number of aliphatic hydroxyl groups is 1. The molecule has 1 saturated heterocycles. The summed E-state index contributed by atoms with van der Waals surface area (Å²) in [5.41, 5.74) is 0.958. The molecule has 2 aliphatic heterocycles. The third-order valence-electron chi connectivity index (χ3n) is 8.28. The first-order valence-corrected chi connectivity index (χ1v) is 14.0. The number of hydrogen-bond acceptors (Lipinski definition) is 6. The van der Waals surface area contributed by atoms with Crippen molar-refractivity contribution in [3.63, 3.8) is 0 Å². The zero-order chi connectivity index (χ0) is 28.9. The average Bonchev–Trinajstić information content (AvgIpc) is 2.89. The van der Waals surface area contributed by atoms with Gasteiger partial charge in [-0.05, 0) is 55.2 Å². The predicted octanol–water partition coefficient (Wildman–Crippen LogP) is 5.65. The Balaban J connectivity index is 2.05. The highest BCUT2D eigenvalue weighted by atomic mass is 35.5. The van der Waals surface area contributed by atoms with Gasteiger partial charge in [0.15, 0.2) is 5.72 Å². The van der Waals surface area contributed by atoms with E-state index in [9.17, 15) is 14.7 Å². The summed E-state index contributed by atoms with van der Waals surface area (Å²) in [5, 5.41) is 14.5. The molecule has 2 amide bonds. The van der Waals surface area contributed by atoms with Crippen LogP contribution in [0.5, 0.6) is 5.75 Å². The van der Waals surface area contributed by atoms with Gasteiger partial charge in [0, 0.05) is 27.0 Å². The Morgan fingerprint density at radius 2 is 1.97 bits per heavy atom. The first kappa shape index (κ1) is 31.0. The summed E-state index contributed by atoms with van der Waals surface area (Å²) in [7, 11) is 4.81. The molecule has 2 heterocycles. The molecular weight excluding hydrogens is 520 g/mol. The topological polar surface area (TPSA) is 97.3 Å². The highest BCUT2D eigenvalue weighted by Gasteiger charge is 2.47. The van der Waals surface area contributed by atoms with Gasteiger partial charge >= 0.3 is 6.09 Å². The first-order valence-electron chi connectivity index (χ1n) is 13.6. The maximum absolute atomic E-state index is 13.3. The summed E-state index contributed by atoms with van der Waals surface area (Å²) < 4.78 is 16.8. The molecule has 0 radical (unpaired) electrons. The summed E-state index contributed by atoms with van der Waals surface area (Å²) in [6.07, 6.45) is 6.15. The quantitative estimate of drug-likeness (QED) is 0.494. The molecule has 0 aromatic heterocycles. The van der Waals surface area contributed by atoms with Crippen molar-refractivity contribution in [3.8, 4) is 5.75 Å². The number of allylic oxidation sites excluding steroid dienone is 3. The number of rotatable bonds is 3. The van der Waals surface area contributed by atoms with Crippen molar-refractivity contribution in [2.24, 2.45) is 17.8 Å². The lowest BCUT2D eigenvalue weighted by Crippen LogP contribution is -2.63. The van der Waals surface area contributed by atoms with Crippen LogP contribution in [-0.4, -0.2) is 56.3 Å². The van der Waals surface area contributed by atoms with Crippen LogP contribution in [0, 0.1) is 17.8 Å². The molecule has 1 aromatic rings. The summed E-state index contributed by atoms with van der Waals surface area (Å²) in [4.78, 5) is 27.5. The van der Waals surface area contributed by atoms with Crippen molar-refractivity contribution in [1.29, 1.82) is 0 Å². The Morgan fingerprint density at radius 1 is 1.26 bits per heavy atom. The minimum Gasteiger partial charge on any atom is -0.495 e. The van der Waals surface area contributed by atoms with Crippen LogP contribution in [0.3, 0.4) is 0 Å². The highest BCUT2D eigenvalue weighted by molar-refractivity contribution is 6.35. The molecule has 2 aliphatic rings. The van der Waals surface area contributed by atoms with Gasteiger partial charge < -0.3 is 24.2 Å². The number of ether oxygens (including phenoxy) is 3. The van der Waals surface area contributed by atoms with E-state index >= 15 is 0 Å². The molecule has 39 heavy (non-hydrogen) atoms. The van der Waals surface area contributed by atoms with Crippen molar-refractivity contribution in [2.45, 2.75) is 77.7 Å². The molecule has 1 unspecified atom stereocenters. The van der Waals surface area contributed by atoms with E-state index < -0.39 is 24.0 Å². The van der Waals surface area contributed by atoms with Gasteiger partial charge in [-0.2, -0.15) is 0 Å². The monoisotopic (exact) mass is 562 g/mol. The number of hydrogen-bond donors (Lipinski definition) is 2. The van der Waals surface area contributed by atoms with E-state index in [-0.39, 0.29) is 30.1 Å². The number of fused-ring (bicyclic) bond motifs is 4. The largest absolute Gasteiger partial charge is 0.495 e. The summed E-state index contributed by atoms with van der Waals surface area (Å²) in [6.45, 7) is 8.26. The molecule has 9 heteroatoms. The first-order chi connectivity index (χ1) is 18.4. The van der Waals surface area contributed by atoms with E-state index in [1.165, 1.54) is 7.11 Å². The van der Waals surface area contributed by atoms with Crippen LogP contribution < -0.4 is 15.0 Å². The Morgan fingerprint density at radius 3 is 2.62 bits per heavy atom. The Kier molecular flexibility index (Phi) is 10.5. The lowest BCUT2D eigenvalue weighted by Gasteiger charge is -2.44. The second kappa shape index (κ2) is 13.2. The van der Waals surface area contributed by atoms with Crippen LogP contribution in [0.15, 0.2) is 35.9 Å². The molecule has 0 saturated carbocycles. The van der Waals surface area contributed by atoms with Gasteiger partial charge in [-0.25, -0.2) is 4.79 Å². The zero-order valence-corrected chi connectivity index (χ0v) is 24.9. The van der Waals surface area contributed by atoms with Gasteiger partial charge in [0.2, 0.25) is 5.91 Å². The zero-order valence-electron chi connectivity index (χ0n) is 24.1. The smallest absolute Gasteiger partial charge is 0.409 e. The van der Waals surface area contributed by atoms with Gasteiger partial charge in [-0.1, -0.05) is 62.6 Å². The maximum atomic E-state index is 13.3. The van der Waals surface area contributed by atoms with E-state index in [0.717, 1.165) is 17.6 Å². The van der Waals surface area contributed by atoms with E-state index in [2.05, 4.69) is 19.2 Å². The standard InChI is InChI=1S/C30H43ClN2O6/c1-8-22-19(3)12-13-27(34)33(5)23-15-21(16-24(37-6)28(23)31)14-18(2)10-9-11-26(38-7)30(36)17-25(20(22)4)39-29(35)32-30/h9-11,15-16,19-20,22,25-26,36H,8,12-14,17H2,1-7H3,(H,32,35)/b11-9+,18-10+/t19-,20-,22+,25?,26+,30-/m0/s1. The lowest BCUT2D eigenvalue weighted by molar-refractivity contribution is -0.146. The normalized spacial score (nSPS) is 33.0.